The van der Waals surface area contributed by atoms with Gasteiger partial charge in [-0.2, -0.15) is 9.40 Å². The van der Waals surface area contributed by atoms with Crippen LogP contribution in [0.4, 0.5) is 0 Å². The van der Waals surface area contributed by atoms with E-state index in [1.54, 1.807) is 6.20 Å². The Morgan fingerprint density at radius 2 is 2.32 bits per heavy atom. The number of sulfonamides is 1. The predicted octanol–water partition coefficient (Wildman–Crippen LogP) is 0.701. The van der Waals surface area contributed by atoms with Crippen LogP contribution in [0.5, 0.6) is 0 Å². The molecule has 0 spiro atoms. The molecule has 1 fully saturated rings. The highest BCUT2D eigenvalue weighted by Gasteiger charge is 2.32. The van der Waals surface area contributed by atoms with Gasteiger partial charge in [0.2, 0.25) is 0 Å². The molecular weight excluding hydrogens is 266 g/mol. The summed E-state index contributed by atoms with van der Waals surface area (Å²) < 4.78 is 26.3. The molecule has 1 unspecified atom stereocenters. The van der Waals surface area contributed by atoms with Crippen LogP contribution in [0, 0.1) is 0 Å². The van der Waals surface area contributed by atoms with E-state index in [2.05, 4.69) is 20.2 Å². The van der Waals surface area contributed by atoms with E-state index >= 15 is 0 Å². The lowest BCUT2D eigenvalue weighted by Crippen LogP contribution is -2.39. The number of imidazole rings is 1. The van der Waals surface area contributed by atoms with Gasteiger partial charge < -0.3 is 4.98 Å². The quantitative estimate of drug-likeness (QED) is 0.865. The van der Waals surface area contributed by atoms with Crippen molar-refractivity contribution in [3.63, 3.8) is 0 Å². The summed E-state index contributed by atoms with van der Waals surface area (Å²) >= 11 is 0. The van der Waals surface area contributed by atoms with Crippen LogP contribution in [0.1, 0.15) is 24.5 Å². The van der Waals surface area contributed by atoms with Crippen molar-refractivity contribution in [2.24, 2.45) is 0 Å². The first-order valence-electron chi connectivity index (χ1n) is 6.16. The highest BCUT2D eigenvalue weighted by atomic mass is 32.2. The van der Waals surface area contributed by atoms with Crippen molar-refractivity contribution in [2.45, 2.75) is 23.8 Å². The van der Waals surface area contributed by atoms with E-state index in [9.17, 15) is 8.42 Å². The maximum atomic E-state index is 12.4. The van der Waals surface area contributed by atoms with Crippen LogP contribution < -0.4 is 0 Å². The molecule has 1 atom stereocenters. The Balaban J connectivity index is 1.82. The first-order valence-corrected chi connectivity index (χ1v) is 7.60. The molecule has 3 rings (SSSR count). The minimum atomic E-state index is -3.46. The van der Waals surface area contributed by atoms with E-state index in [1.807, 2.05) is 6.07 Å². The Kier molecular flexibility index (Phi) is 3.11. The fourth-order valence-corrected chi connectivity index (χ4v) is 3.85. The van der Waals surface area contributed by atoms with Crippen molar-refractivity contribution >= 4 is 10.0 Å². The smallest absolute Gasteiger partial charge is 0.260 e. The number of H-pyrrole nitrogens is 2. The average Bonchev–Trinajstić information content (AvgIpc) is 3.12. The predicted molar refractivity (Wildman–Crippen MR) is 67.9 cm³/mol. The molecule has 0 saturated carbocycles. The lowest BCUT2D eigenvalue weighted by Gasteiger charge is -2.30. The molecule has 1 aliphatic rings. The molecule has 19 heavy (non-hydrogen) atoms. The van der Waals surface area contributed by atoms with Gasteiger partial charge in [0, 0.05) is 30.9 Å². The van der Waals surface area contributed by atoms with Crippen molar-refractivity contribution in [1.82, 2.24) is 24.5 Å². The van der Waals surface area contributed by atoms with Gasteiger partial charge in [0.15, 0.2) is 5.03 Å². The molecule has 3 heterocycles. The van der Waals surface area contributed by atoms with Crippen molar-refractivity contribution in [1.29, 1.82) is 0 Å². The summed E-state index contributed by atoms with van der Waals surface area (Å²) in [4.78, 5) is 6.44. The zero-order chi connectivity index (χ0) is 13.3. The van der Waals surface area contributed by atoms with E-state index in [-0.39, 0.29) is 10.9 Å². The molecule has 102 valence electrons. The van der Waals surface area contributed by atoms with E-state index in [0.29, 0.717) is 13.1 Å². The van der Waals surface area contributed by atoms with Crippen molar-refractivity contribution in [3.05, 3.63) is 30.5 Å². The second-order valence-corrected chi connectivity index (χ2v) is 6.54. The second kappa shape index (κ2) is 4.78. The molecule has 0 radical (unpaired) electrons. The van der Waals surface area contributed by atoms with Crippen molar-refractivity contribution < 1.29 is 8.42 Å². The molecule has 0 aliphatic carbocycles. The average molecular weight is 281 g/mol. The number of nitrogens with one attached hydrogen (secondary N) is 2. The molecule has 1 saturated heterocycles. The Bertz CT molecular complexity index is 620. The molecule has 7 nitrogen and oxygen atoms in total. The summed E-state index contributed by atoms with van der Waals surface area (Å²) in [5.74, 6) is 0.175. The fourth-order valence-electron chi connectivity index (χ4n) is 2.43. The number of piperidine rings is 1. The van der Waals surface area contributed by atoms with Gasteiger partial charge in [0.05, 0.1) is 12.5 Å². The normalized spacial score (nSPS) is 21.6. The minimum Gasteiger partial charge on any atom is -0.335 e. The van der Waals surface area contributed by atoms with E-state index < -0.39 is 10.0 Å². The molecule has 2 aromatic rings. The highest BCUT2D eigenvalue weighted by molar-refractivity contribution is 7.89. The van der Waals surface area contributed by atoms with Crippen LogP contribution in [0.25, 0.3) is 0 Å². The number of aromatic nitrogens is 4. The SMILES string of the molecule is O=S(=O)(c1cnc[nH]1)N1CCCC(c2ccn[nH]2)C1. The Hall–Kier alpha value is -1.67. The van der Waals surface area contributed by atoms with Gasteiger partial charge in [-0.1, -0.05) is 0 Å². The van der Waals surface area contributed by atoms with E-state index in [1.165, 1.54) is 16.8 Å². The fraction of sp³-hybridized carbons (Fsp3) is 0.455. The molecule has 1 aliphatic heterocycles. The summed E-state index contributed by atoms with van der Waals surface area (Å²) in [6, 6.07) is 1.90. The van der Waals surface area contributed by atoms with Crippen LogP contribution in [0.3, 0.4) is 0 Å². The lowest BCUT2D eigenvalue weighted by atomic mass is 9.96. The third-order valence-corrected chi connectivity index (χ3v) is 5.23. The van der Waals surface area contributed by atoms with Crippen LogP contribution in [0.15, 0.2) is 29.8 Å². The zero-order valence-corrected chi connectivity index (χ0v) is 11.1. The number of nitrogens with zero attached hydrogens (tertiary/aromatic N) is 3. The Morgan fingerprint density at radius 1 is 1.42 bits per heavy atom. The molecule has 8 heteroatoms. The van der Waals surface area contributed by atoms with Gasteiger partial charge in [-0.3, -0.25) is 5.10 Å². The summed E-state index contributed by atoms with van der Waals surface area (Å²) in [6.45, 7) is 1.02. The maximum absolute atomic E-state index is 12.4. The summed E-state index contributed by atoms with van der Waals surface area (Å²) in [6.07, 6.45) is 6.23. The number of hydrogen-bond donors (Lipinski definition) is 2. The Morgan fingerprint density at radius 3 is 3.00 bits per heavy atom. The third kappa shape index (κ3) is 2.28. The second-order valence-electron chi connectivity index (χ2n) is 4.63. The number of hydrogen-bond acceptors (Lipinski definition) is 4. The van der Waals surface area contributed by atoms with Crippen LogP contribution in [0.2, 0.25) is 0 Å². The standard InChI is InChI=1S/C11H15N5O2S/c17-19(18,11-6-12-8-13-11)16-5-1-2-9(7-16)10-3-4-14-15-10/h3-4,6,8-9H,1-2,5,7H2,(H,12,13)(H,14,15). The van der Waals surface area contributed by atoms with Crippen molar-refractivity contribution in [3.8, 4) is 0 Å². The lowest BCUT2D eigenvalue weighted by molar-refractivity contribution is 0.312. The van der Waals surface area contributed by atoms with Gasteiger partial charge in [0.1, 0.15) is 0 Å². The summed E-state index contributed by atoms with van der Waals surface area (Å²) in [5.41, 5.74) is 0.990. The zero-order valence-electron chi connectivity index (χ0n) is 10.3. The van der Waals surface area contributed by atoms with Gasteiger partial charge in [0.25, 0.3) is 10.0 Å². The first kappa shape index (κ1) is 12.4. The molecule has 0 amide bonds. The highest BCUT2D eigenvalue weighted by Crippen LogP contribution is 2.28. The molecule has 2 aromatic heterocycles. The monoisotopic (exact) mass is 281 g/mol. The first-order chi connectivity index (χ1) is 9.18. The molecule has 0 bridgehead atoms. The largest absolute Gasteiger partial charge is 0.335 e. The Labute approximate surface area is 111 Å². The van der Waals surface area contributed by atoms with Gasteiger partial charge in [-0.15, -0.1) is 0 Å². The molecule has 0 aromatic carbocycles. The summed E-state index contributed by atoms with van der Waals surface area (Å²) in [5, 5.41) is 7.00. The van der Waals surface area contributed by atoms with Gasteiger partial charge >= 0.3 is 0 Å². The third-order valence-electron chi connectivity index (χ3n) is 3.44. The van der Waals surface area contributed by atoms with Crippen molar-refractivity contribution in [2.75, 3.05) is 13.1 Å². The molecular formula is C11H15N5O2S. The molecule has 2 N–H and O–H groups in total. The van der Waals surface area contributed by atoms with Gasteiger partial charge in [-0.05, 0) is 18.9 Å². The maximum Gasteiger partial charge on any atom is 0.260 e. The number of rotatable bonds is 3. The van der Waals surface area contributed by atoms with Gasteiger partial charge in [-0.25, -0.2) is 13.4 Å². The minimum absolute atomic E-state index is 0.151. The van der Waals surface area contributed by atoms with E-state index in [0.717, 1.165) is 18.5 Å². The topological polar surface area (TPSA) is 94.7 Å². The van der Waals surface area contributed by atoms with Crippen LogP contribution >= 0.6 is 0 Å². The summed E-state index contributed by atoms with van der Waals surface area (Å²) in [7, 11) is -3.46. The van der Waals surface area contributed by atoms with Crippen LogP contribution in [-0.4, -0.2) is 46.0 Å². The van der Waals surface area contributed by atoms with Crippen LogP contribution in [-0.2, 0) is 10.0 Å². The van der Waals surface area contributed by atoms with E-state index in [4.69, 9.17) is 0 Å². The number of aromatic amines is 2.